The van der Waals surface area contributed by atoms with Crippen LogP contribution in [0.2, 0.25) is 0 Å². The highest BCUT2D eigenvalue weighted by molar-refractivity contribution is 5.90. The van der Waals surface area contributed by atoms with E-state index in [9.17, 15) is 4.79 Å². The van der Waals surface area contributed by atoms with Gasteiger partial charge in [0.2, 0.25) is 5.91 Å². The number of nitrogens with zero attached hydrogens (tertiary/aromatic N) is 2. The first-order valence-corrected chi connectivity index (χ1v) is 6.75. The summed E-state index contributed by atoms with van der Waals surface area (Å²) in [6, 6.07) is 9.56. The summed E-state index contributed by atoms with van der Waals surface area (Å²) in [5.74, 6) is -0.0280. The predicted octanol–water partition coefficient (Wildman–Crippen LogP) is 1.84. The van der Waals surface area contributed by atoms with Gasteiger partial charge in [0, 0.05) is 37.7 Å². The van der Waals surface area contributed by atoms with Crippen molar-refractivity contribution in [1.82, 2.24) is 9.78 Å². The lowest BCUT2D eigenvalue weighted by atomic mass is 10.1. The van der Waals surface area contributed by atoms with Crippen molar-refractivity contribution in [3.63, 3.8) is 0 Å². The van der Waals surface area contributed by atoms with Crippen LogP contribution in [0.5, 0.6) is 0 Å². The van der Waals surface area contributed by atoms with Crippen molar-refractivity contribution in [3.8, 4) is 0 Å². The van der Waals surface area contributed by atoms with Crippen LogP contribution in [0.25, 0.3) is 0 Å². The quantitative estimate of drug-likeness (QED) is 0.809. The fourth-order valence-corrected chi connectivity index (χ4v) is 1.96. The number of hydrogen-bond donors (Lipinski definition) is 2. The number of aliphatic hydroxyl groups excluding tert-OH is 1. The van der Waals surface area contributed by atoms with Gasteiger partial charge in [-0.15, -0.1) is 0 Å². The van der Waals surface area contributed by atoms with Crippen molar-refractivity contribution in [2.45, 2.75) is 25.8 Å². The van der Waals surface area contributed by atoms with E-state index < -0.39 is 0 Å². The fourth-order valence-electron chi connectivity index (χ4n) is 1.96. The smallest absolute Gasteiger partial charge is 0.226 e. The molecule has 0 aliphatic rings. The van der Waals surface area contributed by atoms with Gasteiger partial charge in [0.05, 0.1) is 0 Å². The first kappa shape index (κ1) is 14.3. The molecule has 2 rings (SSSR count). The third kappa shape index (κ3) is 4.51. The molecule has 106 valence electrons. The van der Waals surface area contributed by atoms with Gasteiger partial charge in [-0.25, -0.2) is 0 Å². The third-order valence-electron chi connectivity index (χ3n) is 2.96. The highest BCUT2D eigenvalue weighted by Crippen LogP contribution is 2.12. The molecule has 1 aromatic heterocycles. The lowest BCUT2D eigenvalue weighted by Gasteiger charge is -2.07. The molecule has 0 saturated heterocycles. The van der Waals surface area contributed by atoms with Crippen molar-refractivity contribution in [2.75, 3.05) is 11.9 Å². The van der Waals surface area contributed by atoms with E-state index in [1.54, 1.807) is 10.9 Å². The van der Waals surface area contributed by atoms with E-state index in [2.05, 4.69) is 10.4 Å². The number of nitrogens with one attached hydrogen (secondary N) is 1. The molecule has 2 N–H and O–H groups in total. The number of amides is 1. The number of aryl methyl sites for hydroxylation is 2. The molecule has 5 nitrogen and oxygen atoms in total. The van der Waals surface area contributed by atoms with Gasteiger partial charge in [-0.1, -0.05) is 12.1 Å². The molecule has 0 spiro atoms. The standard InChI is InChI=1S/C15H19N3O2/c19-11-2-5-13-4-1-6-14(12-13)17-15(20)7-10-18-9-3-8-16-18/h1,3-4,6,8-9,12,19H,2,5,7,10-11H2,(H,17,20). The van der Waals surface area contributed by atoms with Crippen LogP contribution in [0.3, 0.4) is 0 Å². The van der Waals surface area contributed by atoms with Gasteiger partial charge in [-0.3, -0.25) is 9.48 Å². The highest BCUT2D eigenvalue weighted by atomic mass is 16.2. The molecule has 0 aliphatic heterocycles. The van der Waals surface area contributed by atoms with Crippen LogP contribution in [0.4, 0.5) is 5.69 Å². The van der Waals surface area contributed by atoms with Gasteiger partial charge in [-0.05, 0) is 36.6 Å². The number of carbonyl (C=O) groups is 1. The van der Waals surface area contributed by atoms with Crippen LogP contribution in [0.15, 0.2) is 42.7 Å². The fraction of sp³-hybridized carbons (Fsp3) is 0.333. The molecule has 0 unspecified atom stereocenters. The molecule has 5 heteroatoms. The van der Waals surface area contributed by atoms with Crippen LogP contribution in [-0.4, -0.2) is 27.4 Å². The van der Waals surface area contributed by atoms with Crippen molar-refractivity contribution in [1.29, 1.82) is 0 Å². The second kappa shape index (κ2) is 7.45. The van der Waals surface area contributed by atoms with Crippen molar-refractivity contribution in [2.24, 2.45) is 0 Å². The Morgan fingerprint density at radius 1 is 1.35 bits per heavy atom. The van der Waals surface area contributed by atoms with E-state index in [1.165, 1.54) is 0 Å². The van der Waals surface area contributed by atoms with Gasteiger partial charge >= 0.3 is 0 Å². The van der Waals surface area contributed by atoms with Crippen LogP contribution >= 0.6 is 0 Å². The van der Waals surface area contributed by atoms with E-state index >= 15 is 0 Å². The molecule has 0 radical (unpaired) electrons. The molecule has 0 aliphatic carbocycles. The van der Waals surface area contributed by atoms with E-state index in [-0.39, 0.29) is 12.5 Å². The summed E-state index contributed by atoms with van der Waals surface area (Å²) in [5, 5.41) is 15.8. The van der Waals surface area contributed by atoms with Gasteiger partial charge in [0.15, 0.2) is 0 Å². The summed E-state index contributed by atoms with van der Waals surface area (Å²) in [6.07, 6.45) is 5.47. The van der Waals surface area contributed by atoms with Crippen molar-refractivity contribution >= 4 is 11.6 Å². The average Bonchev–Trinajstić information content (AvgIpc) is 2.97. The highest BCUT2D eigenvalue weighted by Gasteiger charge is 2.03. The Bertz CT molecular complexity index is 538. The second-order valence-electron chi connectivity index (χ2n) is 4.59. The Morgan fingerprint density at radius 3 is 3.00 bits per heavy atom. The molecule has 2 aromatic rings. The topological polar surface area (TPSA) is 67.2 Å². The van der Waals surface area contributed by atoms with E-state index in [1.807, 2.05) is 36.5 Å². The lowest BCUT2D eigenvalue weighted by Crippen LogP contribution is -2.14. The molecule has 0 saturated carbocycles. The Labute approximate surface area is 118 Å². The van der Waals surface area contributed by atoms with E-state index in [0.717, 1.165) is 24.1 Å². The molecular formula is C15H19N3O2. The summed E-state index contributed by atoms with van der Waals surface area (Å²) in [5.41, 5.74) is 1.91. The number of carbonyl (C=O) groups excluding carboxylic acids is 1. The minimum absolute atomic E-state index is 0.0280. The Morgan fingerprint density at radius 2 is 2.25 bits per heavy atom. The van der Waals surface area contributed by atoms with Crippen LogP contribution in [0.1, 0.15) is 18.4 Å². The van der Waals surface area contributed by atoms with Crippen LogP contribution in [0, 0.1) is 0 Å². The Hall–Kier alpha value is -2.14. The molecule has 0 bridgehead atoms. The number of anilines is 1. The van der Waals surface area contributed by atoms with Crippen LogP contribution < -0.4 is 5.32 Å². The zero-order valence-corrected chi connectivity index (χ0v) is 11.3. The van der Waals surface area contributed by atoms with Gasteiger partial charge in [0.25, 0.3) is 0 Å². The molecule has 1 amide bonds. The van der Waals surface area contributed by atoms with Crippen molar-refractivity contribution < 1.29 is 9.90 Å². The molecular weight excluding hydrogens is 254 g/mol. The molecule has 1 heterocycles. The maximum absolute atomic E-state index is 11.8. The number of benzene rings is 1. The average molecular weight is 273 g/mol. The van der Waals surface area contributed by atoms with Crippen molar-refractivity contribution in [3.05, 3.63) is 48.3 Å². The number of rotatable bonds is 7. The minimum atomic E-state index is -0.0280. The maximum atomic E-state index is 11.8. The maximum Gasteiger partial charge on any atom is 0.226 e. The predicted molar refractivity (Wildman–Crippen MR) is 77.3 cm³/mol. The molecule has 20 heavy (non-hydrogen) atoms. The second-order valence-corrected chi connectivity index (χ2v) is 4.59. The summed E-state index contributed by atoms with van der Waals surface area (Å²) < 4.78 is 1.73. The van der Waals surface area contributed by atoms with Gasteiger partial charge in [0.1, 0.15) is 0 Å². The summed E-state index contributed by atoms with van der Waals surface area (Å²) >= 11 is 0. The zero-order valence-electron chi connectivity index (χ0n) is 11.3. The molecule has 0 fully saturated rings. The number of aliphatic hydroxyl groups is 1. The molecule has 1 aromatic carbocycles. The Kier molecular flexibility index (Phi) is 5.32. The van der Waals surface area contributed by atoms with E-state index in [4.69, 9.17) is 5.11 Å². The third-order valence-corrected chi connectivity index (χ3v) is 2.96. The van der Waals surface area contributed by atoms with Crippen LogP contribution in [-0.2, 0) is 17.8 Å². The minimum Gasteiger partial charge on any atom is -0.396 e. The number of aromatic nitrogens is 2. The van der Waals surface area contributed by atoms with Gasteiger partial charge in [-0.2, -0.15) is 5.10 Å². The largest absolute Gasteiger partial charge is 0.396 e. The van der Waals surface area contributed by atoms with Gasteiger partial charge < -0.3 is 10.4 Å². The summed E-state index contributed by atoms with van der Waals surface area (Å²) in [7, 11) is 0. The normalized spacial score (nSPS) is 10.4. The monoisotopic (exact) mass is 273 g/mol. The van der Waals surface area contributed by atoms with E-state index in [0.29, 0.717) is 13.0 Å². The summed E-state index contributed by atoms with van der Waals surface area (Å²) in [4.78, 5) is 11.8. The first-order valence-electron chi connectivity index (χ1n) is 6.75. The molecule has 0 atom stereocenters. The first-order chi connectivity index (χ1) is 9.78. The lowest BCUT2D eigenvalue weighted by molar-refractivity contribution is -0.116. The Balaban J connectivity index is 1.84. The SMILES string of the molecule is O=C(CCn1cccn1)Nc1cccc(CCCO)c1. The number of hydrogen-bond acceptors (Lipinski definition) is 3. The summed E-state index contributed by atoms with van der Waals surface area (Å²) in [6.45, 7) is 0.753. The zero-order chi connectivity index (χ0) is 14.2.